The molecule has 5 aromatic carbocycles. The molecule has 9 rings (SSSR count). The highest BCUT2D eigenvalue weighted by molar-refractivity contribution is 6.25. The van der Waals surface area contributed by atoms with Crippen LogP contribution in [0.25, 0.3) is 94.2 Å². The molecular weight excluding hydrogens is 566 g/mol. The van der Waals surface area contributed by atoms with Gasteiger partial charge in [0, 0.05) is 32.8 Å². The Morgan fingerprint density at radius 2 is 1.43 bits per heavy atom. The summed E-state index contributed by atoms with van der Waals surface area (Å²) in [7, 11) is 0. The largest absolute Gasteiger partial charge is 0.455 e. The van der Waals surface area contributed by atoms with Crippen LogP contribution in [0.3, 0.4) is 0 Å². The van der Waals surface area contributed by atoms with Crippen molar-refractivity contribution in [2.24, 2.45) is 0 Å². The number of hydrogen-bond acceptors (Lipinski definition) is 4. The second kappa shape index (κ2) is 10.2. The molecule has 0 saturated carbocycles. The second-order valence-electron chi connectivity index (χ2n) is 11.3. The van der Waals surface area contributed by atoms with Gasteiger partial charge in [-0.05, 0) is 49.4 Å². The summed E-state index contributed by atoms with van der Waals surface area (Å²) < 4.78 is 15.5. The van der Waals surface area contributed by atoms with E-state index in [1.54, 1.807) is 6.08 Å². The van der Waals surface area contributed by atoms with E-state index in [0.717, 1.165) is 82.7 Å². The summed E-state index contributed by atoms with van der Waals surface area (Å²) in [4.78, 5) is 10.3. The SMILES string of the molecule is C=CC=CC(=CC)n1c2ccccc2c2c3oc4c(-c5nc(-c6ccccc6)c6oc7ccccc7c6n5)cccc4c3ccc21. The fraction of sp³-hybridized carbons (Fsp3) is 0.0244. The molecule has 0 fully saturated rings. The first kappa shape index (κ1) is 26.2. The maximum Gasteiger partial charge on any atom is 0.180 e. The second-order valence-corrected chi connectivity index (χ2v) is 11.3. The Morgan fingerprint density at radius 1 is 0.674 bits per heavy atom. The van der Waals surface area contributed by atoms with Gasteiger partial charge in [0.05, 0.1) is 22.0 Å². The zero-order valence-electron chi connectivity index (χ0n) is 25.1. The molecule has 0 atom stereocenters. The van der Waals surface area contributed by atoms with E-state index in [1.807, 2.05) is 54.6 Å². The average molecular weight is 594 g/mol. The minimum Gasteiger partial charge on any atom is -0.455 e. The number of fused-ring (bicyclic) bond motifs is 10. The van der Waals surface area contributed by atoms with Crippen molar-refractivity contribution in [3.05, 3.63) is 140 Å². The molecule has 0 aliphatic heterocycles. The van der Waals surface area contributed by atoms with Crippen LogP contribution in [0.5, 0.6) is 0 Å². The van der Waals surface area contributed by atoms with Crippen molar-refractivity contribution >= 4 is 71.5 Å². The normalized spacial score (nSPS) is 12.6. The van der Waals surface area contributed by atoms with Crippen LogP contribution in [0.4, 0.5) is 0 Å². The Labute approximate surface area is 264 Å². The number of nitrogens with zero attached hydrogens (tertiary/aromatic N) is 3. The monoisotopic (exact) mass is 593 g/mol. The third kappa shape index (κ3) is 3.75. The molecule has 5 nitrogen and oxygen atoms in total. The van der Waals surface area contributed by atoms with E-state index < -0.39 is 0 Å². The van der Waals surface area contributed by atoms with Gasteiger partial charge in [0.25, 0.3) is 0 Å². The summed E-state index contributed by atoms with van der Waals surface area (Å²) in [6.07, 6.45) is 7.96. The molecule has 0 amide bonds. The van der Waals surface area contributed by atoms with Crippen LogP contribution in [0.2, 0.25) is 0 Å². The summed E-state index contributed by atoms with van der Waals surface area (Å²) in [5.41, 5.74) is 9.63. The van der Waals surface area contributed by atoms with Gasteiger partial charge in [0.2, 0.25) is 0 Å². The smallest absolute Gasteiger partial charge is 0.180 e. The molecule has 0 unspecified atom stereocenters. The van der Waals surface area contributed by atoms with Gasteiger partial charge >= 0.3 is 0 Å². The van der Waals surface area contributed by atoms with Crippen LogP contribution in [-0.4, -0.2) is 14.5 Å². The van der Waals surface area contributed by atoms with Gasteiger partial charge < -0.3 is 13.4 Å². The van der Waals surface area contributed by atoms with Crippen molar-refractivity contribution in [3.8, 4) is 22.6 Å². The fourth-order valence-electron chi connectivity index (χ4n) is 6.73. The molecule has 9 aromatic rings. The minimum absolute atomic E-state index is 0.590. The molecular formula is C41H27N3O2. The topological polar surface area (TPSA) is 57.0 Å². The first-order chi connectivity index (χ1) is 22.7. The van der Waals surface area contributed by atoms with E-state index in [-0.39, 0.29) is 0 Å². The number of rotatable bonds is 5. The Bertz CT molecular complexity index is 2720. The first-order valence-corrected chi connectivity index (χ1v) is 15.3. The minimum atomic E-state index is 0.590. The quantitative estimate of drug-likeness (QED) is 0.186. The van der Waals surface area contributed by atoms with Gasteiger partial charge in [-0.15, -0.1) is 0 Å². The zero-order chi connectivity index (χ0) is 30.8. The predicted octanol–water partition coefficient (Wildman–Crippen LogP) is 11.3. The molecule has 0 N–H and O–H groups in total. The number of allylic oxidation sites excluding steroid dienone is 5. The van der Waals surface area contributed by atoms with E-state index in [0.29, 0.717) is 11.4 Å². The summed E-state index contributed by atoms with van der Waals surface area (Å²) >= 11 is 0. The van der Waals surface area contributed by atoms with Crippen molar-refractivity contribution < 1.29 is 8.83 Å². The Hall–Kier alpha value is -6.20. The van der Waals surface area contributed by atoms with Crippen molar-refractivity contribution in [3.63, 3.8) is 0 Å². The van der Waals surface area contributed by atoms with E-state index in [1.165, 1.54) is 0 Å². The molecule has 0 saturated heterocycles. The van der Waals surface area contributed by atoms with Crippen LogP contribution in [0, 0.1) is 0 Å². The molecule has 0 aliphatic rings. The third-order valence-corrected chi connectivity index (χ3v) is 8.77. The summed E-state index contributed by atoms with van der Waals surface area (Å²) in [6, 6.07) is 37.2. The third-order valence-electron chi connectivity index (χ3n) is 8.77. The first-order valence-electron chi connectivity index (χ1n) is 15.3. The molecule has 46 heavy (non-hydrogen) atoms. The van der Waals surface area contributed by atoms with Gasteiger partial charge in [-0.2, -0.15) is 0 Å². The molecule has 0 aliphatic carbocycles. The Morgan fingerprint density at radius 3 is 2.28 bits per heavy atom. The molecule has 0 spiro atoms. The molecule has 4 aromatic heterocycles. The lowest BCUT2D eigenvalue weighted by molar-refractivity contribution is 0.666. The number of hydrogen-bond donors (Lipinski definition) is 0. The fourth-order valence-corrected chi connectivity index (χ4v) is 6.73. The summed E-state index contributed by atoms with van der Waals surface area (Å²) in [6.45, 7) is 5.92. The highest BCUT2D eigenvalue weighted by Gasteiger charge is 2.23. The van der Waals surface area contributed by atoms with Crippen LogP contribution in [0.1, 0.15) is 6.92 Å². The average Bonchev–Trinajstić information content (AvgIpc) is 3.78. The lowest BCUT2D eigenvalue weighted by Crippen LogP contribution is -1.94. The van der Waals surface area contributed by atoms with Crippen LogP contribution < -0.4 is 0 Å². The molecule has 0 radical (unpaired) electrons. The maximum absolute atomic E-state index is 6.92. The summed E-state index contributed by atoms with van der Waals surface area (Å²) in [5, 5.41) is 5.22. The highest BCUT2D eigenvalue weighted by atomic mass is 16.3. The van der Waals surface area contributed by atoms with Gasteiger partial charge in [-0.3, -0.25) is 0 Å². The molecule has 218 valence electrons. The molecule has 4 heterocycles. The molecule has 0 bridgehead atoms. The van der Waals surface area contributed by atoms with Gasteiger partial charge in [0.15, 0.2) is 11.4 Å². The van der Waals surface area contributed by atoms with E-state index in [9.17, 15) is 0 Å². The van der Waals surface area contributed by atoms with Gasteiger partial charge in [0.1, 0.15) is 28.0 Å². The molecule has 5 heteroatoms. The van der Waals surface area contributed by atoms with Crippen molar-refractivity contribution in [1.29, 1.82) is 0 Å². The predicted molar refractivity (Wildman–Crippen MR) is 190 cm³/mol. The standard InChI is InChI=1S/C41H27N3O2/c1-3-5-16-26(4-2)44-32-21-11-9-17-29(32)35-33(44)24-23-28-27-19-13-20-31(38(27)46-39(28)35)41-42-36(25-14-7-6-8-15-25)40-37(43-41)30-18-10-12-22-34(30)45-40/h3-24H,1H2,2H3. The van der Waals surface area contributed by atoms with E-state index >= 15 is 0 Å². The van der Waals surface area contributed by atoms with Crippen LogP contribution >= 0.6 is 0 Å². The maximum atomic E-state index is 6.92. The van der Waals surface area contributed by atoms with Crippen LogP contribution in [0.15, 0.2) is 149 Å². The lowest BCUT2D eigenvalue weighted by Gasteiger charge is -2.08. The number of para-hydroxylation sites is 3. The van der Waals surface area contributed by atoms with Crippen molar-refractivity contribution in [1.82, 2.24) is 14.5 Å². The summed E-state index contributed by atoms with van der Waals surface area (Å²) in [5.74, 6) is 0.590. The number of benzene rings is 5. The zero-order valence-corrected chi connectivity index (χ0v) is 25.1. The van der Waals surface area contributed by atoms with E-state index in [2.05, 4.69) is 90.9 Å². The highest BCUT2D eigenvalue weighted by Crippen LogP contribution is 2.43. The van der Waals surface area contributed by atoms with Crippen LogP contribution in [-0.2, 0) is 0 Å². The van der Waals surface area contributed by atoms with E-state index in [4.69, 9.17) is 18.8 Å². The van der Waals surface area contributed by atoms with Gasteiger partial charge in [-0.25, -0.2) is 9.97 Å². The number of aromatic nitrogens is 3. The Balaban J connectivity index is 1.36. The van der Waals surface area contributed by atoms with Gasteiger partial charge in [-0.1, -0.05) is 97.6 Å². The Kier molecular flexibility index (Phi) is 5.80. The van der Waals surface area contributed by atoms with Crippen molar-refractivity contribution in [2.75, 3.05) is 0 Å². The number of furan rings is 2. The lowest BCUT2D eigenvalue weighted by atomic mass is 10.1. The van der Waals surface area contributed by atoms with Crippen molar-refractivity contribution in [2.45, 2.75) is 6.92 Å².